The third-order valence-electron chi connectivity index (χ3n) is 3.91. The van der Waals surface area contributed by atoms with Crippen molar-refractivity contribution in [3.05, 3.63) is 24.0 Å². The average molecular weight is 319 g/mol. The predicted octanol–water partition coefficient (Wildman–Crippen LogP) is 2.67. The Morgan fingerprint density at radius 3 is 2.61 bits per heavy atom. The van der Waals surface area contributed by atoms with Crippen molar-refractivity contribution in [1.82, 2.24) is 10.3 Å². The molecule has 1 amide bonds. The van der Waals surface area contributed by atoms with Crippen molar-refractivity contribution in [2.75, 3.05) is 11.9 Å². The number of hydrogen-bond acceptors (Lipinski definition) is 5. The van der Waals surface area contributed by atoms with Crippen molar-refractivity contribution in [3.8, 4) is 0 Å². The molecule has 2 N–H and O–H groups in total. The number of aldehydes is 1. The Morgan fingerprint density at radius 1 is 1.43 bits per heavy atom. The molecule has 0 radical (unpaired) electrons. The molecule has 0 aromatic carbocycles. The van der Waals surface area contributed by atoms with E-state index in [2.05, 4.69) is 15.6 Å². The minimum absolute atomic E-state index is 0.246. The first-order valence-corrected chi connectivity index (χ1v) is 7.85. The first-order chi connectivity index (χ1) is 10.7. The average Bonchev–Trinajstić information content (AvgIpc) is 3.24. The number of aryl methyl sites for hydroxylation is 1. The number of anilines is 1. The molecule has 1 unspecified atom stereocenters. The van der Waals surface area contributed by atoms with Gasteiger partial charge in [0.15, 0.2) is 0 Å². The Hall–Kier alpha value is -2.11. The number of nitrogens with one attached hydrogen (secondary N) is 2. The molecular weight excluding hydrogens is 294 g/mol. The van der Waals surface area contributed by atoms with E-state index in [1.54, 1.807) is 6.20 Å². The summed E-state index contributed by atoms with van der Waals surface area (Å²) >= 11 is 0. The molecule has 1 aromatic heterocycles. The molecule has 1 saturated carbocycles. The summed E-state index contributed by atoms with van der Waals surface area (Å²) < 4.78 is 5.24. The van der Waals surface area contributed by atoms with Crippen molar-refractivity contribution in [2.24, 2.45) is 5.41 Å². The fourth-order valence-electron chi connectivity index (χ4n) is 2.38. The molecule has 23 heavy (non-hydrogen) atoms. The summed E-state index contributed by atoms with van der Waals surface area (Å²) in [5.41, 5.74) is 0.947. The summed E-state index contributed by atoms with van der Waals surface area (Å²) in [6.45, 7) is 7.78. The van der Waals surface area contributed by atoms with Gasteiger partial charge >= 0.3 is 6.09 Å². The van der Waals surface area contributed by atoms with Gasteiger partial charge in [0, 0.05) is 17.7 Å². The third-order valence-corrected chi connectivity index (χ3v) is 3.91. The van der Waals surface area contributed by atoms with Crippen molar-refractivity contribution in [3.63, 3.8) is 0 Å². The Bertz CT molecular complexity index is 559. The molecule has 2 rings (SSSR count). The lowest BCUT2D eigenvalue weighted by molar-refractivity contribution is -0.109. The normalized spacial score (nSPS) is 17.0. The maximum atomic E-state index is 11.8. The lowest BCUT2D eigenvalue weighted by Crippen LogP contribution is -2.42. The molecule has 0 aliphatic heterocycles. The molecule has 126 valence electrons. The SMILES string of the molecule is Cc1ccc(NC(C=O)C2(CNC(=O)OC(C)(C)C)CC2)cn1. The number of aromatic nitrogens is 1. The van der Waals surface area contributed by atoms with Crippen LogP contribution in [0.2, 0.25) is 0 Å². The van der Waals surface area contributed by atoms with Gasteiger partial charge in [-0.25, -0.2) is 4.79 Å². The van der Waals surface area contributed by atoms with Crippen LogP contribution in [0.15, 0.2) is 18.3 Å². The Kier molecular flexibility index (Phi) is 4.92. The first-order valence-electron chi connectivity index (χ1n) is 7.85. The number of amides is 1. The quantitative estimate of drug-likeness (QED) is 0.788. The standard InChI is InChI=1S/C17H25N3O3/c1-12-5-6-13(9-18-12)20-14(10-21)17(7-8-17)11-19-15(22)23-16(2,3)4/h5-6,9-10,14,20H,7-8,11H2,1-4H3,(H,19,22). The summed E-state index contributed by atoms with van der Waals surface area (Å²) in [6, 6.07) is 3.43. The van der Waals surface area contributed by atoms with Crippen molar-refractivity contribution in [2.45, 2.75) is 52.2 Å². The molecular formula is C17H25N3O3. The van der Waals surface area contributed by atoms with Crippen LogP contribution >= 0.6 is 0 Å². The highest BCUT2D eigenvalue weighted by Crippen LogP contribution is 2.48. The van der Waals surface area contributed by atoms with Gasteiger partial charge in [-0.15, -0.1) is 0 Å². The lowest BCUT2D eigenvalue weighted by atomic mass is 9.97. The van der Waals surface area contributed by atoms with E-state index >= 15 is 0 Å². The summed E-state index contributed by atoms with van der Waals surface area (Å²) in [6.07, 6.45) is 3.94. The fraction of sp³-hybridized carbons (Fsp3) is 0.588. The zero-order valence-electron chi connectivity index (χ0n) is 14.2. The molecule has 1 aromatic rings. The monoisotopic (exact) mass is 319 g/mol. The highest BCUT2D eigenvalue weighted by molar-refractivity contribution is 5.69. The topological polar surface area (TPSA) is 80.3 Å². The van der Waals surface area contributed by atoms with Crippen LogP contribution in [-0.4, -0.2) is 35.6 Å². The second kappa shape index (κ2) is 6.56. The number of nitrogens with zero attached hydrogens (tertiary/aromatic N) is 1. The minimum atomic E-state index is -0.531. The van der Waals surface area contributed by atoms with Crippen LogP contribution < -0.4 is 10.6 Å². The van der Waals surface area contributed by atoms with Gasteiger partial charge in [-0.1, -0.05) is 0 Å². The second-order valence-electron chi connectivity index (χ2n) is 7.16. The number of carbonyl (C=O) groups excluding carboxylic acids is 2. The van der Waals surface area contributed by atoms with Crippen LogP contribution in [0.5, 0.6) is 0 Å². The van der Waals surface area contributed by atoms with Gasteiger partial charge in [-0.3, -0.25) is 4.98 Å². The summed E-state index contributed by atoms with van der Waals surface area (Å²) in [5, 5.41) is 5.98. The summed E-state index contributed by atoms with van der Waals surface area (Å²) in [5.74, 6) is 0. The van der Waals surface area contributed by atoms with Crippen LogP contribution in [0.1, 0.15) is 39.3 Å². The van der Waals surface area contributed by atoms with E-state index in [9.17, 15) is 9.59 Å². The molecule has 0 saturated heterocycles. The van der Waals surface area contributed by atoms with Gasteiger partial charge in [0.25, 0.3) is 0 Å². The third kappa shape index (κ3) is 4.94. The number of pyridine rings is 1. The van der Waals surface area contributed by atoms with Crippen molar-refractivity contribution in [1.29, 1.82) is 0 Å². The number of hydrogen-bond donors (Lipinski definition) is 2. The van der Waals surface area contributed by atoms with E-state index in [1.807, 2.05) is 39.8 Å². The zero-order chi connectivity index (χ0) is 17.1. The van der Waals surface area contributed by atoms with E-state index < -0.39 is 11.7 Å². The van der Waals surface area contributed by atoms with Crippen LogP contribution in [-0.2, 0) is 9.53 Å². The minimum Gasteiger partial charge on any atom is -0.444 e. The summed E-state index contributed by atoms with van der Waals surface area (Å²) in [7, 11) is 0. The maximum absolute atomic E-state index is 11.8. The Balaban J connectivity index is 1.93. The zero-order valence-corrected chi connectivity index (χ0v) is 14.2. The fourth-order valence-corrected chi connectivity index (χ4v) is 2.38. The molecule has 1 fully saturated rings. The summed E-state index contributed by atoms with van der Waals surface area (Å²) in [4.78, 5) is 27.5. The van der Waals surface area contributed by atoms with E-state index in [1.165, 1.54) is 0 Å². The number of rotatable bonds is 6. The highest BCUT2D eigenvalue weighted by atomic mass is 16.6. The Morgan fingerprint density at radius 2 is 2.13 bits per heavy atom. The van der Waals surface area contributed by atoms with Gasteiger partial charge in [0.1, 0.15) is 11.9 Å². The molecule has 6 nitrogen and oxygen atoms in total. The van der Waals surface area contributed by atoms with Crippen molar-refractivity contribution < 1.29 is 14.3 Å². The van der Waals surface area contributed by atoms with Gasteiger partial charge in [-0.2, -0.15) is 0 Å². The van der Waals surface area contributed by atoms with Crippen LogP contribution in [0.3, 0.4) is 0 Å². The van der Waals surface area contributed by atoms with Crippen LogP contribution in [0.25, 0.3) is 0 Å². The largest absolute Gasteiger partial charge is 0.444 e. The van der Waals surface area contributed by atoms with Crippen LogP contribution in [0.4, 0.5) is 10.5 Å². The van der Waals surface area contributed by atoms with E-state index in [0.29, 0.717) is 6.54 Å². The molecule has 0 bridgehead atoms. The molecule has 1 aliphatic carbocycles. The van der Waals surface area contributed by atoms with Crippen molar-refractivity contribution >= 4 is 18.1 Å². The molecule has 6 heteroatoms. The number of carbonyl (C=O) groups is 2. The van der Waals surface area contributed by atoms with E-state index in [-0.39, 0.29) is 11.5 Å². The maximum Gasteiger partial charge on any atom is 0.407 e. The predicted molar refractivity (Wildman–Crippen MR) is 88.4 cm³/mol. The smallest absolute Gasteiger partial charge is 0.407 e. The van der Waals surface area contributed by atoms with Gasteiger partial charge < -0.3 is 20.2 Å². The number of ether oxygens (including phenoxy) is 1. The van der Waals surface area contributed by atoms with Crippen LogP contribution in [0, 0.1) is 12.3 Å². The molecule has 1 heterocycles. The molecule has 0 spiro atoms. The van der Waals surface area contributed by atoms with E-state index in [0.717, 1.165) is 30.5 Å². The lowest BCUT2D eigenvalue weighted by Gasteiger charge is -2.26. The Labute approximate surface area is 137 Å². The number of alkyl carbamates (subject to hydrolysis) is 1. The highest BCUT2D eigenvalue weighted by Gasteiger charge is 2.49. The van der Waals surface area contributed by atoms with Gasteiger partial charge in [-0.05, 0) is 52.7 Å². The van der Waals surface area contributed by atoms with Gasteiger partial charge in [0.2, 0.25) is 0 Å². The molecule has 1 atom stereocenters. The first kappa shape index (κ1) is 17.2. The van der Waals surface area contributed by atoms with Gasteiger partial charge in [0.05, 0.1) is 17.9 Å². The van der Waals surface area contributed by atoms with E-state index in [4.69, 9.17) is 4.74 Å². The molecule has 1 aliphatic rings. The second-order valence-corrected chi connectivity index (χ2v) is 7.16.